The fourth-order valence-corrected chi connectivity index (χ4v) is 3.88. The molecule has 1 aliphatic rings. The Kier molecular flexibility index (Phi) is 4.84. The normalized spacial score (nSPS) is 18.6. The highest BCUT2D eigenvalue weighted by Gasteiger charge is 2.25. The van der Waals surface area contributed by atoms with Crippen LogP contribution in [0.15, 0.2) is 11.2 Å². The number of rotatable bonds is 4. The molecule has 0 saturated carbocycles. The van der Waals surface area contributed by atoms with E-state index < -0.39 is 0 Å². The number of hydrogen-bond acceptors (Lipinski definition) is 5. The first kappa shape index (κ1) is 16.2. The summed E-state index contributed by atoms with van der Waals surface area (Å²) in [5.74, 6) is 1.19. The summed E-state index contributed by atoms with van der Waals surface area (Å²) >= 11 is 1.40. The fourth-order valence-electron chi connectivity index (χ4n) is 3.17. The molecule has 0 radical (unpaired) electrons. The van der Waals surface area contributed by atoms with Crippen molar-refractivity contribution in [2.45, 2.75) is 57.7 Å². The number of thioether (sulfide) groups is 1. The third-order valence-electron chi connectivity index (χ3n) is 4.34. The molecule has 0 unspecified atom stereocenters. The number of amides is 1. The van der Waals surface area contributed by atoms with Crippen molar-refractivity contribution >= 4 is 23.4 Å². The van der Waals surface area contributed by atoms with Gasteiger partial charge >= 0.3 is 0 Å². The lowest BCUT2D eigenvalue weighted by Gasteiger charge is -2.35. The minimum Gasteiger partial charge on any atom is -0.339 e. The number of aryl methyl sites for hydroxylation is 2. The quantitative estimate of drug-likeness (QED) is 0.805. The Bertz CT molecular complexity index is 714. The highest BCUT2D eigenvalue weighted by Crippen LogP contribution is 2.22. The second kappa shape index (κ2) is 6.86. The highest BCUT2D eigenvalue weighted by atomic mass is 32.2. The number of nitrogens with zero attached hydrogens (tertiary/aromatic N) is 5. The standard InChI is InChI=1S/C16H23N5OS/c1-4-13-7-5-6-8-20(13)14(22)10-23-16-18-15-17-11(2)9-12(3)21(15)19-16/h9,13H,4-8,10H2,1-3H3/t13-/m0/s1. The first-order valence-corrected chi connectivity index (χ1v) is 9.20. The number of likely N-dealkylation sites (tertiary alicyclic amines) is 1. The maximum Gasteiger partial charge on any atom is 0.253 e. The van der Waals surface area contributed by atoms with E-state index in [-0.39, 0.29) is 5.91 Å². The number of carbonyl (C=O) groups is 1. The molecule has 0 N–H and O–H groups in total. The van der Waals surface area contributed by atoms with Crippen LogP contribution >= 0.6 is 11.8 Å². The van der Waals surface area contributed by atoms with E-state index in [0.717, 1.165) is 37.2 Å². The van der Waals surface area contributed by atoms with Crippen molar-refractivity contribution < 1.29 is 4.79 Å². The summed E-state index contributed by atoms with van der Waals surface area (Å²) in [6, 6.07) is 2.37. The van der Waals surface area contributed by atoms with Gasteiger partial charge in [0.1, 0.15) is 0 Å². The van der Waals surface area contributed by atoms with Crippen LogP contribution in [0.1, 0.15) is 44.0 Å². The maximum atomic E-state index is 12.5. The average Bonchev–Trinajstić information content (AvgIpc) is 2.95. The number of piperidine rings is 1. The first-order valence-electron chi connectivity index (χ1n) is 8.21. The molecule has 3 rings (SSSR count). The van der Waals surface area contributed by atoms with Crippen LogP contribution in [-0.4, -0.2) is 48.7 Å². The van der Waals surface area contributed by atoms with Crippen molar-refractivity contribution in [2.24, 2.45) is 0 Å². The van der Waals surface area contributed by atoms with Crippen molar-refractivity contribution in [1.82, 2.24) is 24.5 Å². The molecule has 1 fully saturated rings. The van der Waals surface area contributed by atoms with Crippen LogP contribution in [0.2, 0.25) is 0 Å². The van der Waals surface area contributed by atoms with E-state index in [4.69, 9.17) is 0 Å². The average molecular weight is 333 g/mol. The number of carbonyl (C=O) groups excluding carboxylic acids is 1. The Hall–Kier alpha value is -1.63. The van der Waals surface area contributed by atoms with Crippen LogP contribution in [0.25, 0.3) is 5.78 Å². The molecule has 2 aromatic rings. The van der Waals surface area contributed by atoms with Crippen LogP contribution in [-0.2, 0) is 4.79 Å². The molecule has 6 nitrogen and oxygen atoms in total. The van der Waals surface area contributed by atoms with Gasteiger partial charge < -0.3 is 4.90 Å². The molecule has 124 valence electrons. The molecule has 0 aliphatic carbocycles. The molecule has 0 spiro atoms. The SMILES string of the molecule is CC[C@H]1CCCCN1C(=O)CSc1nc2nc(C)cc(C)n2n1. The van der Waals surface area contributed by atoms with Gasteiger partial charge in [-0.25, -0.2) is 9.50 Å². The number of aromatic nitrogens is 4. The zero-order valence-electron chi connectivity index (χ0n) is 13.9. The van der Waals surface area contributed by atoms with Gasteiger partial charge in [-0.2, -0.15) is 4.98 Å². The third kappa shape index (κ3) is 3.49. The molecule has 0 aromatic carbocycles. The van der Waals surface area contributed by atoms with Gasteiger partial charge in [0.15, 0.2) is 0 Å². The molecule has 2 aromatic heterocycles. The van der Waals surface area contributed by atoms with Gasteiger partial charge in [-0.15, -0.1) is 5.10 Å². The molecule has 3 heterocycles. The Labute approximate surface area is 140 Å². The molecule has 1 atom stereocenters. The smallest absolute Gasteiger partial charge is 0.253 e. The largest absolute Gasteiger partial charge is 0.339 e. The van der Waals surface area contributed by atoms with Gasteiger partial charge in [-0.1, -0.05) is 18.7 Å². The van der Waals surface area contributed by atoms with Crippen molar-refractivity contribution in [3.63, 3.8) is 0 Å². The number of hydrogen-bond donors (Lipinski definition) is 0. The van der Waals surface area contributed by atoms with Crippen molar-refractivity contribution in [3.05, 3.63) is 17.5 Å². The first-order chi connectivity index (χ1) is 11.1. The van der Waals surface area contributed by atoms with E-state index in [1.54, 1.807) is 4.52 Å². The van der Waals surface area contributed by atoms with E-state index in [1.165, 1.54) is 18.2 Å². The van der Waals surface area contributed by atoms with Crippen LogP contribution < -0.4 is 0 Å². The summed E-state index contributed by atoms with van der Waals surface area (Å²) in [6.07, 6.45) is 4.50. The van der Waals surface area contributed by atoms with Gasteiger partial charge in [0.2, 0.25) is 11.1 Å². The third-order valence-corrected chi connectivity index (χ3v) is 5.16. The van der Waals surface area contributed by atoms with Crippen molar-refractivity contribution in [2.75, 3.05) is 12.3 Å². The molecule has 1 amide bonds. The highest BCUT2D eigenvalue weighted by molar-refractivity contribution is 7.99. The van der Waals surface area contributed by atoms with Crippen LogP contribution in [0.4, 0.5) is 0 Å². The van der Waals surface area contributed by atoms with Gasteiger partial charge in [-0.3, -0.25) is 4.79 Å². The van der Waals surface area contributed by atoms with E-state index in [1.807, 2.05) is 24.8 Å². The Morgan fingerprint density at radius 3 is 2.96 bits per heavy atom. The van der Waals surface area contributed by atoms with E-state index in [0.29, 0.717) is 22.7 Å². The fraction of sp³-hybridized carbons (Fsp3) is 0.625. The van der Waals surface area contributed by atoms with Crippen molar-refractivity contribution in [3.8, 4) is 0 Å². The monoisotopic (exact) mass is 333 g/mol. The summed E-state index contributed by atoms with van der Waals surface area (Å²) in [7, 11) is 0. The van der Waals surface area contributed by atoms with E-state index in [2.05, 4.69) is 22.0 Å². The Morgan fingerprint density at radius 2 is 2.17 bits per heavy atom. The Morgan fingerprint density at radius 1 is 1.35 bits per heavy atom. The summed E-state index contributed by atoms with van der Waals surface area (Å²) in [5, 5.41) is 5.06. The van der Waals surface area contributed by atoms with Gasteiger partial charge in [0, 0.05) is 24.0 Å². The zero-order chi connectivity index (χ0) is 16.4. The molecule has 1 saturated heterocycles. The number of fused-ring (bicyclic) bond motifs is 1. The molecular weight excluding hydrogens is 310 g/mol. The van der Waals surface area contributed by atoms with Crippen LogP contribution in [0, 0.1) is 13.8 Å². The second-order valence-electron chi connectivity index (χ2n) is 6.08. The van der Waals surface area contributed by atoms with E-state index >= 15 is 0 Å². The molecule has 23 heavy (non-hydrogen) atoms. The summed E-state index contributed by atoms with van der Waals surface area (Å²) in [6.45, 7) is 6.97. The maximum absolute atomic E-state index is 12.5. The lowest BCUT2D eigenvalue weighted by molar-refractivity contribution is -0.132. The van der Waals surface area contributed by atoms with Gasteiger partial charge in [0.05, 0.1) is 5.75 Å². The summed E-state index contributed by atoms with van der Waals surface area (Å²) in [4.78, 5) is 23.3. The topological polar surface area (TPSA) is 63.4 Å². The zero-order valence-corrected chi connectivity index (χ0v) is 14.8. The summed E-state index contributed by atoms with van der Waals surface area (Å²) < 4.78 is 1.73. The van der Waals surface area contributed by atoms with Crippen LogP contribution in [0.5, 0.6) is 0 Å². The molecule has 7 heteroatoms. The van der Waals surface area contributed by atoms with Crippen molar-refractivity contribution in [1.29, 1.82) is 0 Å². The van der Waals surface area contributed by atoms with E-state index in [9.17, 15) is 4.79 Å². The minimum absolute atomic E-state index is 0.196. The van der Waals surface area contributed by atoms with Crippen LogP contribution in [0.3, 0.4) is 0 Å². The Balaban J connectivity index is 1.68. The predicted molar refractivity (Wildman–Crippen MR) is 90.6 cm³/mol. The van der Waals surface area contributed by atoms with Gasteiger partial charge in [0.25, 0.3) is 5.78 Å². The molecular formula is C16H23N5OS. The lowest BCUT2D eigenvalue weighted by Crippen LogP contribution is -2.44. The lowest BCUT2D eigenvalue weighted by atomic mass is 10.0. The molecule has 1 aliphatic heterocycles. The minimum atomic E-state index is 0.196. The second-order valence-corrected chi connectivity index (χ2v) is 7.02. The predicted octanol–water partition coefficient (Wildman–Crippen LogP) is 2.62. The molecule has 0 bridgehead atoms. The van der Waals surface area contributed by atoms with Gasteiger partial charge in [-0.05, 0) is 45.6 Å². The summed E-state index contributed by atoms with van der Waals surface area (Å²) in [5.41, 5.74) is 1.93.